The minimum absolute atomic E-state index is 0.0641. The second kappa shape index (κ2) is 6.10. The van der Waals surface area contributed by atoms with Crippen LogP contribution in [0.1, 0.15) is 24.5 Å². The molecule has 2 rings (SSSR count). The third-order valence-electron chi connectivity index (χ3n) is 3.60. The van der Waals surface area contributed by atoms with Crippen LogP contribution in [0.4, 0.5) is 0 Å². The number of aromatic amines is 1. The first kappa shape index (κ1) is 15.9. The Morgan fingerprint density at radius 2 is 2.24 bits per heavy atom. The molecule has 0 spiro atoms. The van der Waals surface area contributed by atoms with Gasteiger partial charge in [0.15, 0.2) is 5.82 Å². The van der Waals surface area contributed by atoms with E-state index in [9.17, 15) is 13.2 Å². The first-order valence-corrected chi connectivity index (χ1v) is 8.70. The van der Waals surface area contributed by atoms with Gasteiger partial charge in [-0.05, 0) is 19.8 Å². The highest BCUT2D eigenvalue weighted by Gasteiger charge is 2.31. The summed E-state index contributed by atoms with van der Waals surface area (Å²) in [6, 6.07) is 0. The van der Waals surface area contributed by atoms with Crippen LogP contribution in [-0.2, 0) is 21.4 Å². The zero-order valence-electron chi connectivity index (χ0n) is 12.5. The van der Waals surface area contributed by atoms with Crippen LogP contribution in [0, 0.1) is 12.8 Å². The van der Waals surface area contributed by atoms with Crippen LogP contribution in [0.25, 0.3) is 0 Å². The van der Waals surface area contributed by atoms with E-state index in [1.165, 1.54) is 10.6 Å². The summed E-state index contributed by atoms with van der Waals surface area (Å²) in [6.45, 7) is 2.86. The molecule has 9 heteroatoms. The maximum Gasteiger partial charge on any atom is 0.227 e. The minimum atomic E-state index is -3.24. The molecule has 1 aromatic rings. The van der Waals surface area contributed by atoms with Gasteiger partial charge in [-0.25, -0.2) is 17.7 Å². The Morgan fingerprint density at radius 3 is 2.81 bits per heavy atom. The molecule has 1 unspecified atom stereocenters. The number of piperidine rings is 1. The van der Waals surface area contributed by atoms with E-state index in [2.05, 4.69) is 15.2 Å². The van der Waals surface area contributed by atoms with Gasteiger partial charge in [0.1, 0.15) is 5.82 Å². The first-order valence-electron chi connectivity index (χ1n) is 6.85. The quantitative estimate of drug-likeness (QED) is 0.825. The largest absolute Gasteiger partial charge is 0.338 e. The number of amides is 1. The van der Waals surface area contributed by atoms with E-state index in [0.29, 0.717) is 37.6 Å². The van der Waals surface area contributed by atoms with Crippen LogP contribution in [0.5, 0.6) is 0 Å². The summed E-state index contributed by atoms with van der Waals surface area (Å²) >= 11 is 0. The van der Waals surface area contributed by atoms with E-state index >= 15 is 0 Å². The highest BCUT2D eigenvalue weighted by atomic mass is 32.2. The Kier molecular flexibility index (Phi) is 4.62. The number of hydrogen-bond acceptors (Lipinski definition) is 5. The first-order chi connectivity index (χ1) is 9.77. The highest BCUT2D eigenvalue weighted by molar-refractivity contribution is 7.88. The average molecular weight is 315 g/mol. The fourth-order valence-electron chi connectivity index (χ4n) is 2.51. The van der Waals surface area contributed by atoms with Gasteiger partial charge < -0.3 is 4.90 Å². The molecule has 0 aliphatic carbocycles. The van der Waals surface area contributed by atoms with Crippen LogP contribution in [-0.4, -0.2) is 65.1 Å². The van der Waals surface area contributed by atoms with E-state index in [0.717, 1.165) is 0 Å². The molecular formula is C12H21N5O3S. The maximum absolute atomic E-state index is 12.4. The lowest BCUT2D eigenvalue weighted by atomic mass is 9.98. The molecule has 1 fully saturated rings. The lowest BCUT2D eigenvalue weighted by Crippen LogP contribution is -2.45. The van der Waals surface area contributed by atoms with Crippen LogP contribution < -0.4 is 0 Å². The van der Waals surface area contributed by atoms with Crippen LogP contribution in [0.15, 0.2) is 0 Å². The number of carbonyl (C=O) groups excluding carboxylic acids is 1. The summed E-state index contributed by atoms with van der Waals surface area (Å²) < 4.78 is 24.6. The molecular weight excluding hydrogens is 294 g/mol. The van der Waals surface area contributed by atoms with Crippen molar-refractivity contribution in [1.29, 1.82) is 0 Å². The molecule has 1 aliphatic heterocycles. The van der Waals surface area contributed by atoms with Crippen molar-refractivity contribution in [3.8, 4) is 0 Å². The number of aromatic nitrogens is 3. The average Bonchev–Trinajstić information content (AvgIpc) is 2.82. The summed E-state index contributed by atoms with van der Waals surface area (Å²) in [7, 11) is -1.55. The SMILES string of the molecule is Cc1nc(CN(C)C(=O)C2CCCN(S(C)(=O)=O)C2)n[nH]1. The van der Waals surface area contributed by atoms with Crippen molar-refractivity contribution in [2.24, 2.45) is 5.92 Å². The molecule has 1 N–H and O–H groups in total. The van der Waals surface area contributed by atoms with E-state index in [1.54, 1.807) is 18.9 Å². The number of nitrogens with zero attached hydrogens (tertiary/aromatic N) is 4. The summed E-state index contributed by atoms with van der Waals surface area (Å²) in [6.07, 6.45) is 2.60. The number of sulfonamides is 1. The van der Waals surface area contributed by atoms with Crippen molar-refractivity contribution in [3.63, 3.8) is 0 Å². The molecule has 0 radical (unpaired) electrons. The van der Waals surface area contributed by atoms with E-state index in [-0.39, 0.29) is 18.4 Å². The third kappa shape index (κ3) is 4.01. The number of rotatable bonds is 4. The molecule has 1 atom stereocenters. The predicted molar refractivity (Wildman–Crippen MR) is 76.7 cm³/mol. The molecule has 1 aromatic heterocycles. The monoisotopic (exact) mass is 315 g/mol. The van der Waals surface area contributed by atoms with Crippen LogP contribution in [0.2, 0.25) is 0 Å². The number of aryl methyl sites for hydroxylation is 1. The van der Waals surface area contributed by atoms with E-state index in [4.69, 9.17) is 0 Å². The molecule has 1 aliphatic rings. The van der Waals surface area contributed by atoms with Gasteiger partial charge in [-0.1, -0.05) is 0 Å². The molecule has 21 heavy (non-hydrogen) atoms. The Bertz CT molecular complexity index is 612. The predicted octanol–water partition coefficient (Wildman–Crippen LogP) is -0.257. The van der Waals surface area contributed by atoms with Crippen LogP contribution >= 0.6 is 0 Å². The zero-order valence-corrected chi connectivity index (χ0v) is 13.4. The summed E-state index contributed by atoms with van der Waals surface area (Å²) in [5, 5.41) is 6.73. The fourth-order valence-corrected chi connectivity index (χ4v) is 3.42. The standard InChI is InChI=1S/C12H21N5O3S/c1-9-13-11(15-14-9)8-16(2)12(18)10-5-4-6-17(7-10)21(3,19)20/h10H,4-8H2,1-3H3,(H,13,14,15). The van der Waals surface area contributed by atoms with Crippen molar-refractivity contribution in [1.82, 2.24) is 24.4 Å². The maximum atomic E-state index is 12.4. The number of H-pyrrole nitrogens is 1. The lowest BCUT2D eigenvalue weighted by Gasteiger charge is -2.32. The Balaban J connectivity index is 1.98. The van der Waals surface area contributed by atoms with E-state index in [1.807, 2.05) is 0 Å². The van der Waals surface area contributed by atoms with Crippen molar-refractivity contribution in [2.75, 3.05) is 26.4 Å². The van der Waals surface area contributed by atoms with E-state index < -0.39 is 10.0 Å². The molecule has 0 aromatic carbocycles. The Morgan fingerprint density at radius 1 is 1.52 bits per heavy atom. The van der Waals surface area contributed by atoms with Crippen molar-refractivity contribution < 1.29 is 13.2 Å². The molecule has 118 valence electrons. The Hall–Kier alpha value is -1.48. The van der Waals surface area contributed by atoms with Gasteiger partial charge in [-0.15, -0.1) is 0 Å². The summed E-state index contributed by atoms with van der Waals surface area (Å²) in [4.78, 5) is 18.1. The van der Waals surface area contributed by atoms with Crippen LogP contribution in [0.3, 0.4) is 0 Å². The zero-order chi connectivity index (χ0) is 15.6. The highest BCUT2D eigenvalue weighted by Crippen LogP contribution is 2.20. The molecule has 0 saturated carbocycles. The van der Waals surface area contributed by atoms with Gasteiger partial charge in [-0.3, -0.25) is 9.89 Å². The van der Waals surface area contributed by atoms with Gasteiger partial charge in [0.2, 0.25) is 15.9 Å². The molecule has 1 saturated heterocycles. The molecule has 1 amide bonds. The fraction of sp³-hybridized carbons (Fsp3) is 0.750. The van der Waals surface area contributed by atoms with Gasteiger partial charge >= 0.3 is 0 Å². The smallest absolute Gasteiger partial charge is 0.227 e. The molecule has 2 heterocycles. The summed E-state index contributed by atoms with van der Waals surface area (Å²) in [5.74, 6) is 0.898. The van der Waals surface area contributed by atoms with Crippen molar-refractivity contribution in [2.45, 2.75) is 26.3 Å². The van der Waals surface area contributed by atoms with Gasteiger partial charge in [-0.2, -0.15) is 5.10 Å². The topological polar surface area (TPSA) is 99.3 Å². The van der Waals surface area contributed by atoms with Gasteiger partial charge in [0.05, 0.1) is 18.7 Å². The number of carbonyl (C=O) groups is 1. The van der Waals surface area contributed by atoms with Crippen molar-refractivity contribution >= 4 is 15.9 Å². The lowest BCUT2D eigenvalue weighted by molar-refractivity contribution is -0.136. The van der Waals surface area contributed by atoms with Crippen molar-refractivity contribution in [3.05, 3.63) is 11.6 Å². The van der Waals surface area contributed by atoms with Gasteiger partial charge in [0.25, 0.3) is 0 Å². The number of nitrogens with one attached hydrogen (secondary N) is 1. The third-order valence-corrected chi connectivity index (χ3v) is 4.87. The van der Waals surface area contributed by atoms with Gasteiger partial charge in [0, 0.05) is 20.1 Å². The normalized spacial score (nSPS) is 20.4. The Labute approximate surface area is 124 Å². The molecule has 0 bridgehead atoms. The number of hydrogen-bond donors (Lipinski definition) is 1. The second-order valence-electron chi connectivity index (χ2n) is 5.49. The second-order valence-corrected chi connectivity index (χ2v) is 7.47. The molecule has 8 nitrogen and oxygen atoms in total. The summed E-state index contributed by atoms with van der Waals surface area (Å²) in [5.41, 5.74) is 0. The minimum Gasteiger partial charge on any atom is -0.338 e.